The molecule has 0 saturated carbocycles. The molecule has 2 atom stereocenters. The summed E-state index contributed by atoms with van der Waals surface area (Å²) in [7, 11) is 1.61. The van der Waals surface area contributed by atoms with Gasteiger partial charge in [-0.3, -0.25) is 9.78 Å². The lowest BCUT2D eigenvalue weighted by Gasteiger charge is -2.42. The van der Waals surface area contributed by atoms with Crippen molar-refractivity contribution in [3.63, 3.8) is 0 Å². The van der Waals surface area contributed by atoms with E-state index in [0.717, 1.165) is 43.0 Å². The monoisotopic (exact) mass is 375 g/mol. The molecule has 0 spiro atoms. The fourth-order valence-corrected chi connectivity index (χ4v) is 4.40. The van der Waals surface area contributed by atoms with E-state index in [9.17, 15) is 4.79 Å². The zero-order valence-electron chi connectivity index (χ0n) is 15.7. The van der Waals surface area contributed by atoms with E-state index in [4.69, 9.17) is 4.74 Å². The average Bonchev–Trinajstić information content (AvgIpc) is 2.75. The standard InChI is InChI=1S/C21H21N5O2/c1-28-19-5-7-23-21(24-19)25-11-14-8-16(13-25)18-9-15(10-20(27)26(18)12-14)17-4-2-3-6-22-17/h2-7,9-10,14,16H,8,11-13H2,1H3/t14-,16+/m0/s1. The molecule has 5 heterocycles. The maximum atomic E-state index is 12.8. The van der Waals surface area contributed by atoms with Crippen LogP contribution in [-0.2, 0) is 6.54 Å². The highest BCUT2D eigenvalue weighted by Gasteiger charge is 2.36. The van der Waals surface area contributed by atoms with Crippen molar-refractivity contribution >= 4 is 5.95 Å². The van der Waals surface area contributed by atoms with Crippen molar-refractivity contribution in [3.05, 3.63) is 64.8 Å². The maximum Gasteiger partial charge on any atom is 0.251 e. The summed E-state index contributed by atoms with van der Waals surface area (Å²) in [4.78, 5) is 28.4. The number of rotatable bonds is 3. The SMILES string of the molecule is COc1ccnc(N2C[C@@H]3C[C@H](C2)c2cc(-c4ccccn4)cc(=O)n2C3)n1. The minimum atomic E-state index is 0.0546. The second-order valence-electron chi connectivity index (χ2n) is 7.44. The van der Waals surface area contributed by atoms with Gasteiger partial charge in [-0.25, -0.2) is 4.98 Å². The van der Waals surface area contributed by atoms with Gasteiger partial charge in [0.1, 0.15) is 0 Å². The topological polar surface area (TPSA) is 73.1 Å². The fraction of sp³-hybridized carbons (Fsp3) is 0.333. The van der Waals surface area contributed by atoms with Crippen LogP contribution in [0.25, 0.3) is 11.3 Å². The first-order valence-electron chi connectivity index (χ1n) is 9.49. The maximum absolute atomic E-state index is 12.8. The minimum Gasteiger partial charge on any atom is -0.481 e. The first kappa shape index (κ1) is 16.9. The molecule has 1 fully saturated rings. The van der Waals surface area contributed by atoms with E-state index in [1.165, 1.54) is 0 Å². The first-order chi connectivity index (χ1) is 13.7. The molecule has 5 rings (SSSR count). The molecule has 0 amide bonds. The van der Waals surface area contributed by atoms with Crippen LogP contribution in [0.2, 0.25) is 0 Å². The van der Waals surface area contributed by atoms with Crippen LogP contribution < -0.4 is 15.2 Å². The third-order valence-electron chi connectivity index (χ3n) is 5.63. The van der Waals surface area contributed by atoms with Gasteiger partial charge in [-0.15, -0.1) is 0 Å². The highest BCUT2D eigenvalue weighted by molar-refractivity contribution is 5.59. The second kappa shape index (κ2) is 6.74. The molecule has 2 bridgehead atoms. The van der Waals surface area contributed by atoms with Gasteiger partial charge < -0.3 is 14.2 Å². The third kappa shape index (κ3) is 2.93. The Bertz CT molecular complexity index is 1070. The van der Waals surface area contributed by atoms with Crippen LogP contribution in [0.3, 0.4) is 0 Å². The fourth-order valence-electron chi connectivity index (χ4n) is 4.40. The first-order valence-corrected chi connectivity index (χ1v) is 9.49. The smallest absolute Gasteiger partial charge is 0.251 e. The molecule has 2 aliphatic heterocycles. The van der Waals surface area contributed by atoms with Gasteiger partial charge in [-0.1, -0.05) is 6.07 Å². The number of hydrogen-bond acceptors (Lipinski definition) is 6. The van der Waals surface area contributed by atoms with Gasteiger partial charge in [0.25, 0.3) is 5.56 Å². The molecule has 2 aliphatic rings. The average molecular weight is 375 g/mol. The van der Waals surface area contributed by atoms with Gasteiger partial charge in [0.05, 0.1) is 12.8 Å². The zero-order valence-corrected chi connectivity index (χ0v) is 15.7. The molecular weight excluding hydrogens is 354 g/mol. The lowest BCUT2D eigenvalue weighted by Crippen LogP contribution is -2.47. The normalized spacial score (nSPS) is 20.5. The van der Waals surface area contributed by atoms with Crippen LogP contribution in [0.5, 0.6) is 5.88 Å². The van der Waals surface area contributed by atoms with Gasteiger partial charge in [0.15, 0.2) is 0 Å². The van der Waals surface area contributed by atoms with E-state index in [2.05, 4.69) is 25.9 Å². The summed E-state index contributed by atoms with van der Waals surface area (Å²) in [6.45, 7) is 2.36. The van der Waals surface area contributed by atoms with Gasteiger partial charge >= 0.3 is 0 Å². The Labute approximate surface area is 162 Å². The number of nitrogens with zero attached hydrogens (tertiary/aromatic N) is 5. The van der Waals surface area contributed by atoms with Gasteiger partial charge in [0, 0.05) is 61.3 Å². The molecule has 28 heavy (non-hydrogen) atoms. The molecule has 3 aromatic heterocycles. The van der Waals surface area contributed by atoms with Gasteiger partial charge in [-0.05, 0) is 30.5 Å². The molecule has 1 saturated heterocycles. The van der Waals surface area contributed by atoms with Crippen LogP contribution in [0, 0.1) is 5.92 Å². The van der Waals surface area contributed by atoms with Crippen LogP contribution in [0.1, 0.15) is 18.0 Å². The minimum absolute atomic E-state index is 0.0546. The number of anilines is 1. The number of aromatic nitrogens is 4. The largest absolute Gasteiger partial charge is 0.481 e. The van der Waals surface area contributed by atoms with Crippen molar-refractivity contribution in [2.75, 3.05) is 25.1 Å². The number of ether oxygens (including phenoxy) is 1. The highest BCUT2D eigenvalue weighted by atomic mass is 16.5. The molecule has 0 aliphatic carbocycles. The second-order valence-corrected chi connectivity index (χ2v) is 7.44. The van der Waals surface area contributed by atoms with Crippen molar-refractivity contribution in [1.29, 1.82) is 0 Å². The Hall–Kier alpha value is -3.22. The summed E-state index contributed by atoms with van der Waals surface area (Å²) in [5, 5.41) is 0. The molecule has 7 heteroatoms. The van der Waals surface area contributed by atoms with Crippen molar-refractivity contribution in [3.8, 4) is 17.1 Å². The Morgan fingerprint density at radius 1 is 1.07 bits per heavy atom. The van der Waals surface area contributed by atoms with Crippen LogP contribution in [0.15, 0.2) is 53.6 Å². The van der Waals surface area contributed by atoms with Crippen molar-refractivity contribution < 1.29 is 4.74 Å². The van der Waals surface area contributed by atoms with E-state index in [0.29, 0.717) is 17.7 Å². The predicted octanol–water partition coefficient (Wildman–Crippen LogP) is 2.33. The van der Waals surface area contributed by atoms with Crippen LogP contribution in [-0.4, -0.2) is 39.7 Å². The molecule has 142 valence electrons. The quantitative estimate of drug-likeness (QED) is 0.700. The number of methoxy groups -OCH3 is 1. The molecule has 7 nitrogen and oxygen atoms in total. The van der Waals surface area contributed by atoms with Crippen molar-refractivity contribution in [2.45, 2.75) is 18.9 Å². The molecule has 0 N–H and O–H groups in total. The lowest BCUT2D eigenvalue weighted by atomic mass is 9.82. The summed E-state index contributed by atoms with van der Waals surface area (Å²) < 4.78 is 7.19. The number of hydrogen-bond donors (Lipinski definition) is 0. The van der Waals surface area contributed by atoms with Gasteiger partial charge in [-0.2, -0.15) is 4.98 Å². The summed E-state index contributed by atoms with van der Waals surface area (Å²) >= 11 is 0. The number of piperidine rings is 1. The molecule has 0 aromatic carbocycles. The Morgan fingerprint density at radius 2 is 2.00 bits per heavy atom. The third-order valence-corrected chi connectivity index (χ3v) is 5.63. The molecule has 0 unspecified atom stereocenters. The Balaban J connectivity index is 1.52. The summed E-state index contributed by atoms with van der Waals surface area (Å²) in [6, 6.07) is 11.3. The van der Waals surface area contributed by atoms with Crippen LogP contribution in [0.4, 0.5) is 5.95 Å². The van der Waals surface area contributed by atoms with E-state index in [1.807, 2.05) is 22.8 Å². The summed E-state index contributed by atoms with van der Waals surface area (Å²) in [5.74, 6) is 1.92. The summed E-state index contributed by atoms with van der Waals surface area (Å²) in [6.07, 6.45) is 4.56. The number of pyridine rings is 2. The Kier molecular flexibility index (Phi) is 4.07. The molecule has 0 radical (unpaired) electrons. The van der Waals surface area contributed by atoms with E-state index < -0.39 is 0 Å². The van der Waals surface area contributed by atoms with Gasteiger partial charge in [0.2, 0.25) is 11.8 Å². The Morgan fingerprint density at radius 3 is 2.82 bits per heavy atom. The van der Waals surface area contributed by atoms with Crippen molar-refractivity contribution in [1.82, 2.24) is 19.5 Å². The van der Waals surface area contributed by atoms with E-state index in [1.54, 1.807) is 31.6 Å². The molecular formula is C21H21N5O2. The lowest BCUT2D eigenvalue weighted by molar-refractivity contribution is 0.279. The predicted molar refractivity (Wildman–Crippen MR) is 106 cm³/mol. The number of fused-ring (bicyclic) bond motifs is 4. The molecule has 3 aromatic rings. The van der Waals surface area contributed by atoms with E-state index in [-0.39, 0.29) is 11.5 Å². The summed E-state index contributed by atoms with van der Waals surface area (Å²) in [5.41, 5.74) is 2.84. The van der Waals surface area contributed by atoms with E-state index >= 15 is 0 Å². The van der Waals surface area contributed by atoms with Crippen LogP contribution >= 0.6 is 0 Å². The van der Waals surface area contributed by atoms with Crippen molar-refractivity contribution in [2.24, 2.45) is 5.92 Å². The highest BCUT2D eigenvalue weighted by Crippen LogP contribution is 2.37. The zero-order chi connectivity index (χ0) is 19.1.